The zero-order valence-electron chi connectivity index (χ0n) is 15.6. The summed E-state index contributed by atoms with van der Waals surface area (Å²) in [6, 6.07) is 0.719. The fraction of sp³-hybridized carbons (Fsp3) is 0.941. The first kappa shape index (κ1) is 20.2. The van der Waals surface area contributed by atoms with Gasteiger partial charge in [-0.25, -0.2) is 0 Å². The van der Waals surface area contributed by atoms with Gasteiger partial charge in [0.2, 0.25) is 0 Å². The van der Waals surface area contributed by atoms with Crippen molar-refractivity contribution in [2.75, 3.05) is 53.1 Å². The highest BCUT2D eigenvalue weighted by Crippen LogP contribution is 2.14. The standard InChI is InChI=1S/C17H36N4O2/c1-6-18-17(20-15(4)13-22-5)19-12-16(11-14(2)3)21-7-9-23-10-8-21/h14-16H,6-13H2,1-5H3,(H2,18,19,20). The lowest BCUT2D eigenvalue weighted by Gasteiger charge is -2.34. The lowest BCUT2D eigenvalue weighted by atomic mass is 10.0. The van der Waals surface area contributed by atoms with Gasteiger partial charge in [0.05, 0.1) is 26.4 Å². The summed E-state index contributed by atoms with van der Waals surface area (Å²) >= 11 is 0. The van der Waals surface area contributed by atoms with E-state index < -0.39 is 0 Å². The lowest BCUT2D eigenvalue weighted by molar-refractivity contribution is 0.0143. The summed E-state index contributed by atoms with van der Waals surface area (Å²) < 4.78 is 10.7. The third-order valence-corrected chi connectivity index (χ3v) is 3.91. The molecule has 0 radical (unpaired) electrons. The predicted molar refractivity (Wildman–Crippen MR) is 96.1 cm³/mol. The van der Waals surface area contributed by atoms with Crippen LogP contribution in [0.25, 0.3) is 0 Å². The highest BCUT2D eigenvalue weighted by molar-refractivity contribution is 5.80. The van der Waals surface area contributed by atoms with Gasteiger partial charge in [-0.2, -0.15) is 0 Å². The predicted octanol–water partition coefficient (Wildman–Crippen LogP) is 1.32. The number of morpholine rings is 1. The molecule has 0 bridgehead atoms. The van der Waals surface area contributed by atoms with E-state index >= 15 is 0 Å². The maximum Gasteiger partial charge on any atom is 0.191 e. The lowest BCUT2D eigenvalue weighted by Crippen LogP contribution is -2.47. The second-order valence-electron chi connectivity index (χ2n) is 6.65. The Hall–Kier alpha value is -0.850. The molecule has 1 fully saturated rings. The summed E-state index contributed by atoms with van der Waals surface area (Å²) in [5, 5.41) is 6.72. The molecule has 136 valence electrons. The number of rotatable bonds is 9. The van der Waals surface area contributed by atoms with E-state index in [0.717, 1.165) is 51.8 Å². The zero-order chi connectivity index (χ0) is 17.1. The van der Waals surface area contributed by atoms with Crippen LogP contribution in [0.5, 0.6) is 0 Å². The Bertz CT molecular complexity index is 331. The molecule has 1 aliphatic heterocycles. The van der Waals surface area contributed by atoms with Crippen molar-refractivity contribution in [1.29, 1.82) is 0 Å². The number of aliphatic imine (C=N–C) groups is 1. The molecule has 0 aromatic heterocycles. The molecule has 1 rings (SSSR count). The average molecular weight is 329 g/mol. The number of guanidine groups is 1. The fourth-order valence-corrected chi connectivity index (χ4v) is 2.87. The summed E-state index contributed by atoms with van der Waals surface area (Å²) in [5.74, 6) is 1.54. The molecular weight excluding hydrogens is 292 g/mol. The van der Waals surface area contributed by atoms with E-state index in [2.05, 4.69) is 43.2 Å². The van der Waals surface area contributed by atoms with Crippen LogP contribution in [0.15, 0.2) is 4.99 Å². The van der Waals surface area contributed by atoms with Crippen LogP contribution in [-0.2, 0) is 9.47 Å². The quantitative estimate of drug-likeness (QED) is 0.494. The molecule has 2 unspecified atom stereocenters. The minimum absolute atomic E-state index is 0.240. The first-order valence-corrected chi connectivity index (χ1v) is 8.92. The molecule has 1 heterocycles. The van der Waals surface area contributed by atoms with E-state index in [1.54, 1.807) is 7.11 Å². The molecule has 1 aliphatic rings. The van der Waals surface area contributed by atoms with Gasteiger partial charge in [0.1, 0.15) is 0 Å². The number of hydrogen-bond donors (Lipinski definition) is 2. The monoisotopic (exact) mass is 328 g/mol. The Morgan fingerprint density at radius 1 is 1.26 bits per heavy atom. The summed E-state index contributed by atoms with van der Waals surface area (Å²) in [6.07, 6.45) is 1.16. The van der Waals surface area contributed by atoms with Crippen LogP contribution >= 0.6 is 0 Å². The van der Waals surface area contributed by atoms with E-state index in [0.29, 0.717) is 18.6 Å². The van der Waals surface area contributed by atoms with Crippen molar-refractivity contribution >= 4 is 5.96 Å². The van der Waals surface area contributed by atoms with Crippen molar-refractivity contribution in [3.05, 3.63) is 0 Å². The van der Waals surface area contributed by atoms with E-state index in [-0.39, 0.29) is 6.04 Å². The first-order valence-electron chi connectivity index (χ1n) is 8.92. The zero-order valence-corrected chi connectivity index (χ0v) is 15.6. The van der Waals surface area contributed by atoms with Crippen molar-refractivity contribution in [2.24, 2.45) is 10.9 Å². The van der Waals surface area contributed by atoms with Gasteiger partial charge in [0, 0.05) is 38.8 Å². The van der Waals surface area contributed by atoms with Crippen molar-refractivity contribution in [3.63, 3.8) is 0 Å². The van der Waals surface area contributed by atoms with E-state index in [1.807, 2.05) is 0 Å². The Morgan fingerprint density at radius 3 is 2.52 bits per heavy atom. The van der Waals surface area contributed by atoms with E-state index in [1.165, 1.54) is 0 Å². The molecule has 6 nitrogen and oxygen atoms in total. The van der Waals surface area contributed by atoms with Gasteiger partial charge in [0.25, 0.3) is 0 Å². The number of hydrogen-bond acceptors (Lipinski definition) is 4. The van der Waals surface area contributed by atoms with Crippen molar-refractivity contribution in [2.45, 2.75) is 46.2 Å². The van der Waals surface area contributed by atoms with Gasteiger partial charge in [-0.15, -0.1) is 0 Å². The first-order chi connectivity index (χ1) is 11.1. The summed E-state index contributed by atoms with van der Waals surface area (Å²) in [4.78, 5) is 7.34. The largest absolute Gasteiger partial charge is 0.383 e. The van der Waals surface area contributed by atoms with Crippen LogP contribution in [0.4, 0.5) is 0 Å². The highest BCUT2D eigenvalue weighted by Gasteiger charge is 2.21. The molecule has 23 heavy (non-hydrogen) atoms. The van der Waals surface area contributed by atoms with Gasteiger partial charge in [-0.3, -0.25) is 9.89 Å². The van der Waals surface area contributed by atoms with Gasteiger partial charge in [-0.05, 0) is 26.2 Å². The van der Waals surface area contributed by atoms with Gasteiger partial charge in [0.15, 0.2) is 5.96 Å². The molecule has 0 aromatic carbocycles. The third-order valence-electron chi connectivity index (χ3n) is 3.91. The van der Waals surface area contributed by atoms with Crippen LogP contribution in [0.2, 0.25) is 0 Å². The average Bonchev–Trinajstić information content (AvgIpc) is 2.52. The number of nitrogens with zero attached hydrogens (tertiary/aromatic N) is 2. The summed E-state index contributed by atoms with van der Waals surface area (Å²) in [5.41, 5.74) is 0. The molecule has 0 saturated carbocycles. The maximum atomic E-state index is 5.48. The van der Waals surface area contributed by atoms with Crippen molar-refractivity contribution in [1.82, 2.24) is 15.5 Å². The highest BCUT2D eigenvalue weighted by atomic mass is 16.5. The SMILES string of the molecule is CCNC(=NCC(CC(C)C)N1CCOCC1)NC(C)COC. The second kappa shape index (κ2) is 11.6. The smallest absolute Gasteiger partial charge is 0.191 e. The molecule has 0 aromatic rings. The third kappa shape index (κ3) is 8.53. The van der Waals surface area contributed by atoms with Crippen molar-refractivity contribution in [3.8, 4) is 0 Å². The topological polar surface area (TPSA) is 58.1 Å². The molecule has 0 spiro atoms. The van der Waals surface area contributed by atoms with Crippen LogP contribution in [-0.4, -0.2) is 76.1 Å². The Labute approximate surface area is 142 Å². The molecule has 0 amide bonds. The van der Waals surface area contributed by atoms with Gasteiger partial charge >= 0.3 is 0 Å². The Balaban J connectivity index is 2.64. The van der Waals surface area contributed by atoms with Gasteiger partial charge in [-0.1, -0.05) is 13.8 Å². The van der Waals surface area contributed by atoms with Crippen LogP contribution in [0, 0.1) is 5.92 Å². The molecule has 2 atom stereocenters. The molecule has 2 N–H and O–H groups in total. The minimum atomic E-state index is 0.240. The Kier molecular flexibility index (Phi) is 10.2. The maximum absolute atomic E-state index is 5.48. The molecular formula is C17H36N4O2. The number of ether oxygens (including phenoxy) is 2. The normalized spacial score (nSPS) is 19.7. The molecule has 0 aliphatic carbocycles. The summed E-state index contributed by atoms with van der Waals surface area (Å²) in [7, 11) is 1.72. The van der Waals surface area contributed by atoms with Crippen LogP contribution < -0.4 is 10.6 Å². The molecule has 1 saturated heterocycles. The van der Waals surface area contributed by atoms with Crippen LogP contribution in [0.3, 0.4) is 0 Å². The van der Waals surface area contributed by atoms with E-state index in [9.17, 15) is 0 Å². The molecule has 6 heteroatoms. The summed E-state index contributed by atoms with van der Waals surface area (Å²) in [6.45, 7) is 14.8. The second-order valence-corrected chi connectivity index (χ2v) is 6.65. The minimum Gasteiger partial charge on any atom is -0.383 e. The van der Waals surface area contributed by atoms with Crippen LogP contribution in [0.1, 0.15) is 34.1 Å². The Morgan fingerprint density at radius 2 is 1.96 bits per heavy atom. The van der Waals surface area contributed by atoms with Gasteiger partial charge < -0.3 is 20.1 Å². The van der Waals surface area contributed by atoms with Crippen molar-refractivity contribution < 1.29 is 9.47 Å². The fourth-order valence-electron chi connectivity index (χ4n) is 2.87. The van der Waals surface area contributed by atoms with E-state index in [4.69, 9.17) is 14.5 Å². The number of nitrogens with one attached hydrogen (secondary N) is 2. The number of methoxy groups -OCH3 is 1.